The highest BCUT2D eigenvalue weighted by Crippen LogP contribution is 2.40. The minimum absolute atomic E-state index is 0.748. The predicted molar refractivity (Wildman–Crippen MR) is 144 cm³/mol. The molecule has 4 heteroatoms. The van der Waals surface area contributed by atoms with Crippen LogP contribution in [0.15, 0.2) is 103 Å². The molecule has 2 nitrogen and oxygen atoms in total. The van der Waals surface area contributed by atoms with Crippen molar-refractivity contribution in [2.45, 2.75) is 0 Å². The van der Waals surface area contributed by atoms with Gasteiger partial charge >= 0.3 is 0 Å². The molecular weight excluding hydrogens is 523 g/mol. The number of fused-ring (bicyclic) bond motifs is 3. The van der Waals surface area contributed by atoms with Gasteiger partial charge in [0.25, 0.3) is 0 Å². The lowest BCUT2D eigenvalue weighted by Gasteiger charge is -2.08. The minimum Gasteiger partial charge on any atom is -0.223 e. The van der Waals surface area contributed by atoms with Crippen LogP contribution in [0.4, 0.5) is 0 Å². The van der Waals surface area contributed by atoms with Crippen LogP contribution in [0.25, 0.3) is 53.8 Å². The summed E-state index contributed by atoms with van der Waals surface area (Å²) in [4.78, 5) is 9.31. The average molecular weight is 540 g/mol. The number of hydrogen-bond acceptors (Lipinski definition) is 3. The Balaban J connectivity index is 1.42. The Bertz CT molecular complexity index is 1570. The van der Waals surface area contributed by atoms with Crippen molar-refractivity contribution in [2.75, 3.05) is 0 Å². The largest absolute Gasteiger partial charge is 0.223 e. The highest BCUT2D eigenvalue weighted by molar-refractivity contribution is 14.1. The van der Waals surface area contributed by atoms with Gasteiger partial charge in [-0.15, -0.1) is 11.3 Å². The maximum Gasteiger partial charge on any atom is 0.191 e. The summed E-state index contributed by atoms with van der Waals surface area (Å²) in [5.41, 5.74) is 6.57. The molecule has 0 spiro atoms. The Morgan fingerprint density at radius 2 is 1.19 bits per heavy atom. The fourth-order valence-electron chi connectivity index (χ4n) is 4.12. The van der Waals surface area contributed by atoms with Gasteiger partial charge in [-0.3, -0.25) is 0 Å². The second-order valence-corrected chi connectivity index (χ2v) is 9.65. The number of benzene rings is 4. The van der Waals surface area contributed by atoms with E-state index in [1.165, 1.54) is 31.3 Å². The summed E-state index contributed by atoms with van der Waals surface area (Å²) in [6.07, 6.45) is 0. The zero-order valence-corrected chi connectivity index (χ0v) is 20.0. The van der Waals surface area contributed by atoms with Crippen LogP contribution in [0, 0.1) is 3.83 Å². The Kier molecular flexibility index (Phi) is 4.97. The average Bonchev–Trinajstić information content (AvgIpc) is 3.23. The van der Waals surface area contributed by atoms with E-state index in [4.69, 9.17) is 0 Å². The van der Waals surface area contributed by atoms with Gasteiger partial charge in [-0.05, 0) is 23.3 Å². The Hall–Kier alpha value is -3.09. The number of rotatable bonds is 3. The number of aromatic nitrogens is 2. The van der Waals surface area contributed by atoms with Gasteiger partial charge in [-0.2, -0.15) is 0 Å². The van der Waals surface area contributed by atoms with Crippen molar-refractivity contribution in [2.24, 2.45) is 0 Å². The van der Waals surface area contributed by atoms with Crippen LogP contribution >= 0.6 is 33.9 Å². The summed E-state index contributed by atoms with van der Waals surface area (Å²) in [7, 11) is 0. The molecular formula is C28H17IN2S. The highest BCUT2D eigenvalue weighted by Gasteiger charge is 2.11. The lowest BCUT2D eigenvalue weighted by Crippen LogP contribution is -1.94. The summed E-state index contributed by atoms with van der Waals surface area (Å²) in [5, 5.41) is 2.65. The van der Waals surface area contributed by atoms with E-state index < -0.39 is 0 Å². The Labute approximate surface area is 203 Å². The monoisotopic (exact) mass is 540 g/mol. The van der Waals surface area contributed by atoms with E-state index in [0.717, 1.165) is 26.3 Å². The van der Waals surface area contributed by atoms with Gasteiger partial charge in [0.1, 0.15) is 0 Å². The van der Waals surface area contributed by atoms with E-state index in [0.29, 0.717) is 0 Å². The van der Waals surface area contributed by atoms with E-state index in [-0.39, 0.29) is 0 Å². The lowest BCUT2D eigenvalue weighted by molar-refractivity contribution is 1.12. The minimum atomic E-state index is 0.748. The van der Waals surface area contributed by atoms with Crippen molar-refractivity contribution < 1.29 is 0 Å². The molecule has 6 aromatic rings. The normalized spacial score (nSPS) is 11.3. The van der Waals surface area contributed by atoms with E-state index in [9.17, 15) is 0 Å². The van der Waals surface area contributed by atoms with Crippen LogP contribution in [0.1, 0.15) is 0 Å². The quantitative estimate of drug-likeness (QED) is 0.166. The first-order valence-electron chi connectivity index (χ1n) is 10.4. The highest BCUT2D eigenvalue weighted by atomic mass is 127. The summed E-state index contributed by atoms with van der Waals surface area (Å²) in [5.74, 6) is 0. The first-order valence-corrected chi connectivity index (χ1v) is 12.3. The van der Waals surface area contributed by atoms with Crippen molar-refractivity contribution >= 4 is 54.1 Å². The molecule has 0 amide bonds. The van der Waals surface area contributed by atoms with Gasteiger partial charge in [0, 0.05) is 53.9 Å². The predicted octanol–water partition coefficient (Wildman–Crippen LogP) is 8.45. The standard InChI is InChI=1S/C28H17IN2S/c29-28-30-24(19-7-2-1-3-8-19)17-25(31-28)20-15-13-18(14-16-20)21-10-6-11-23-22-9-4-5-12-26(22)32-27(21)23/h1-17H. The molecule has 4 aromatic carbocycles. The molecule has 0 saturated heterocycles. The molecule has 0 atom stereocenters. The third-order valence-electron chi connectivity index (χ3n) is 5.66. The fraction of sp³-hybridized carbons (Fsp3) is 0. The SMILES string of the molecule is Ic1nc(-c2ccccc2)cc(-c2ccc(-c3cccc4c3sc3ccccc34)cc2)n1. The Morgan fingerprint density at radius 3 is 1.97 bits per heavy atom. The van der Waals surface area contributed by atoms with Crippen LogP contribution in [-0.2, 0) is 0 Å². The first-order chi connectivity index (χ1) is 15.8. The Morgan fingerprint density at radius 1 is 0.562 bits per heavy atom. The summed E-state index contributed by atoms with van der Waals surface area (Å²) >= 11 is 4.06. The summed E-state index contributed by atoms with van der Waals surface area (Å²) in [6.45, 7) is 0. The molecule has 0 fully saturated rings. The molecule has 32 heavy (non-hydrogen) atoms. The molecule has 2 heterocycles. The van der Waals surface area contributed by atoms with E-state index in [1.807, 2.05) is 29.5 Å². The second kappa shape index (κ2) is 8.11. The fourth-order valence-corrected chi connectivity index (χ4v) is 5.88. The van der Waals surface area contributed by atoms with Crippen LogP contribution < -0.4 is 0 Å². The summed E-state index contributed by atoms with van der Waals surface area (Å²) in [6, 6.07) is 36.3. The van der Waals surface area contributed by atoms with Crippen molar-refractivity contribution in [1.82, 2.24) is 9.97 Å². The molecule has 0 aliphatic rings. The van der Waals surface area contributed by atoms with Gasteiger partial charge in [-0.25, -0.2) is 9.97 Å². The van der Waals surface area contributed by atoms with Crippen molar-refractivity contribution in [3.8, 4) is 33.6 Å². The number of nitrogens with zero attached hydrogens (tertiary/aromatic N) is 2. The zero-order chi connectivity index (χ0) is 21.5. The smallest absolute Gasteiger partial charge is 0.191 e. The molecule has 0 aliphatic carbocycles. The van der Waals surface area contributed by atoms with Gasteiger partial charge in [0.05, 0.1) is 11.4 Å². The van der Waals surface area contributed by atoms with E-state index in [2.05, 4.69) is 117 Å². The van der Waals surface area contributed by atoms with Crippen LogP contribution in [0.2, 0.25) is 0 Å². The van der Waals surface area contributed by atoms with Gasteiger partial charge in [0.2, 0.25) is 0 Å². The van der Waals surface area contributed by atoms with Crippen molar-refractivity contribution in [3.63, 3.8) is 0 Å². The van der Waals surface area contributed by atoms with Crippen molar-refractivity contribution in [3.05, 3.63) is 107 Å². The molecule has 0 bridgehead atoms. The molecule has 0 N–H and O–H groups in total. The van der Waals surface area contributed by atoms with Gasteiger partial charge in [-0.1, -0.05) is 91.0 Å². The summed E-state index contributed by atoms with van der Waals surface area (Å²) < 4.78 is 3.41. The van der Waals surface area contributed by atoms with Gasteiger partial charge < -0.3 is 0 Å². The maximum absolute atomic E-state index is 4.69. The van der Waals surface area contributed by atoms with Gasteiger partial charge in [0.15, 0.2) is 3.83 Å². The van der Waals surface area contributed by atoms with Crippen LogP contribution in [0.3, 0.4) is 0 Å². The van der Waals surface area contributed by atoms with E-state index >= 15 is 0 Å². The third-order valence-corrected chi connectivity index (χ3v) is 7.37. The molecule has 0 aliphatic heterocycles. The first kappa shape index (κ1) is 19.6. The third kappa shape index (κ3) is 3.49. The van der Waals surface area contributed by atoms with Crippen LogP contribution in [-0.4, -0.2) is 9.97 Å². The number of thiophene rings is 1. The topological polar surface area (TPSA) is 25.8 Å². The molecule has 0 saturated carbocycles. The second-order valence-electron chi connectivity index (χ2n) is 7.63. The number of hydrogen-bond donors (Lipinski definition) is 0. The molecule has 0 unspecified atom stereocenters. The molecule has 152 valence electrons. The maximum atomic E-state index is 4.69. The molecule has 0 radical (unpaired) electrons. The lowest BCUT2D eigenvalue weighted by atomic mass is 10.0. The van der Waals surface area contributed by atoms with Crippen LogP contribution in [0.5, 0.6) is 0 Å². The molecule has 6 rings (SSSR count). The number of halogens is 1. The van der Waals surface area contributed by atoms with Crippen molar-refractivity contribution in [1.29, 1.82) is 0 Å². The molecule has 2 aromatic heterocycles. The van der Waals surface area contributed by atoms with E-state index in [1.54, 1.807) is 0 Å². The zero-order valence-electron chi connectivity index (χ0n) is 17.0.